The van der Waals surface area contributed by atoms with Crippen LogP contribution in [0.3, 0.4) is 0 Å². The predicted octanol–water partition coefficient (Wildman–Crippen LogP) is 3.83. The molecule has 25 heavy (non-hydrogen) atoms. The fraction of sp³-hybridized carbons (Fsp3) is 0.0588. The van der Waals surface area contributed by atoms with Crippen molar-refractivity contribution in [2.45, 2.75) is 0 Å². The second-order valence-corrected chi connectivity index (χ2v) is 7.93. The normalized spacial score (nSPS) is 16.2. The number of thiocarbonyl (C=S) groups is 1. The minimum Gasteiger partial charge on any atom is -0.296 e. The van der Waals surface area contributed by atoms with Gasteiger partial charge < -0.3 is 0 Å². The number of carbonyl (C=O) groups excluding carboxylic acids is 1. The molecule has 3 aromatic rings. The Bertz CT molecular complexity index is 990. The Morgan fingerprint density at radius 2 is 1.92 bits per heavy atom. The van der Waals surface area contributed by atoms with Gasteiger partial charge in [0.1, 0.15) is 9.33 Å². The lowest BCUT2D eigenvalue weighted by Crippen LogP contribution is -2.22. The van der Waals surface area contributed by atoms with Crippen molar-refractivity contribution in [3.63, 3.8) is 0 Å². The molecule has 0 N–H and O–H groups in total. The monoisotopic (exact) mass is 384 g/mol. The van der Waals surface area contributed by atoms with Crippen LogP contribution in [-0.2, 0) is 4.79 Å². The lowest BCUT2D eigenvalue weighted by atomic mass is 10.2. The van der Waals surface area contributed by atoms with Gasteiger partial charge in [-0.15, -0.1) is 10.2 Å². The van der Waals surface area contributed by atoms with Crippen molar-refractivity contribution < 1.29 is 4.79 Å². The van der Waals surface area contributed by atoms with Crippen LogP contribution in [0.15, 0.2) is 53.6 Å². The summed E-state index contributed by atoms with van der Waals surface area (Å²) in [4.78, 5) is 14.3. The van der Waals surface area contributed by atoms with Crippen LogP contribution in [0.2, 0.25) is 0 Å². The molecule has 5 nitrogen and oxygen atoms in total. The molecule has 1 aliphatic rings. The van der Waals surface area contributed by atoms with Gasteiger partial charge >= 0.3 is 0 Å². The summed E-state index contributed by atoms with van der Waals surface area (Å²) in [5, 5.41) is 10.2. The molecule has 1 aromatic carbocycles. The van der Waals surface area contributed by atoms with Crippen LogP contribution in [0.25, 0.3) is 21.8 Å². The van der Waals surface area contributed by atoms with Crippen molar-refractivity contribution in [2.75, 3.05) is 7.05 Å². The molecule has 8 heteroatoms. The summed E-state index contributed by atoms with van der Waals surface area (Å²) in [5.41, 5.74) is 1.90. The third-order valence-electron chi connectivity index (χ3n) is 3.69. The zero-order valence-corrected chi connectivity index (χ0v) is 15.6. The number of carbonyl (C=O) groups is 1. The molecule has 1 amide bonds. The molecule has 1 aliphatic heterocycles. The van der Waals surface area contributed by atoms with Crippen LogP contribution in [0.5, 0.6) is 0 Å². The number of hydrogen-bond acceptors (Lipinski definition) is 6. The molecule has 0 unspecified atom stereocenters. The zero-order chi connectivity index (χ0) is 17.4. The molecule has 0 spiro atoms. The molecule has 0 aliphatic carbocycles. The van der Waals surface area contributed by atoms with Crippen LogP contribution in [0.4, 0.5) is 0 Å². The molecular formula is C17H12N4OS3. The van der Waals surface area contributed by atoms with Gasteiger partial charge in [0.05, 0.1) is 4.91 Å². The van der Waals surface area contributed by atoms with E-state index in [0.717, 1.165) is 21.4 Å². The highest BCUT2D eigenvalue weighted by Gasteiger charge is 2.29. The number of likely N-dealkylation sites (N-methyl/N-ethyl adjacent to an activating group) is 1. The summed E-state index contributed by atoms with van der Waals surface area (Å²) in [7, 11) is 1.69. The maximum Gasteiger partial charge on any atom is 0.265 e. The largest absolute Gasteiger partial charge is 0.296 e. The summed E-state index contributed by atoms with van der Waals surface area (Å²) in [6.45, 7) is 0. The fourth-order valence-corrected chi connectivity index (χ4v) is 4.39. The Morgan fingerprint density at radius 1 is 1.12 bits per heavy atom. The van der Waals surface area contributed by atoms with E-state index in [-0.39, 0.29) is 5.91 Å². The molecule has 0 saturated carbocycles. The molecule has 3 heterocycles. The predicted molar refractivity (Wildman–Crippen MR) is 106 cm³/mol. The summed E-state index contributed by atoms with van der Waals surface area (Å²) in [6, 6.07) is 13.8. The van der Waals surface area contributed by atoms with Crippen molar-refractivity contribution in [1.29, 1.82) is 0 Å². The van der Waals surface area contributed by atoms with Gasteiger partial charge in [-0.3, -0.25) is 14.3 Å². The van der Waals surface area contributed by atoms with Crippen LogP contribution < -0.4 is 0 Å². The topological polar surface area (TPSA) is 51.0 Å². The van der Waals surface area contributed by atoms with Gasteiger partial charge in [0.15, 0.2) is 0 Å². The van der Waals surface area contributed by atoms with E-state index in [2.05, 4.69) is 10.2 Å². The molecule has 124 valence electrons. The summed E-state index contributed by atoms with van der Waals surface area (Å²) in [5.74, 6) is -0.0787. The average molecular weight is 385 g/mol. The van der Waals surface area contributed by atoms with E-state index in [1.54, 1.807) is 7.05 Å². The Kier molecular flexibility index (Phi) is 4.24. The Hall–Kier alpha value is -2.29. The first-order chi connectivity index (χ1) is 12.1. The Labute approximate surface area is 158 Å². The number of amides is 1. The van der Waals surface area contributed by atoms with E-state index in [4.69, 9.17) is 12.2 Å². The molecular weight excluding hydrogens is 372 g/mol. The second kappa shape index (κ2) is 6.55. The first-order valence-electron chi connectivity index (χ1n) is 7.42. The third kappa shape index (κ3) is 3.04. The van der Waals surface area contributed by atoms with E-state index in [1.807, 2.05) is 59.3 Å². The highest BCUT2D eigenvalue weighted by Crippen LogP contribution is 2.32. The molecule has 0 atom stereocenters. The van der Waals surface area contributed by atoms with Gasteiger partial charge in [0, 0.05) is 24.5 Å². The van der Waals surface area contributed by atoms with Crippen molar-refractivity contribution in [3.8, 4) is 15.7 Å². The van der Waals surface area contributed by atoms with Gasteiger partial charge in [0.25, 0.3) is 5.91 Å². The van der Waals surface area contributed by atoms with Gasteiger partial charge in [-0.05, 0) is 18.2 Å². The van der Waals surface area contributed by atoms with E-state index < -0.39 is 0 Å². The molecule has 1 saturated heterocycles. The first-order valence-corrected chi connectivity index (χ1v) is 9.46. The minimum atomic E-state index is -0.0787. The Balaban J connectivity index is 1.68. The maximum atomic E-state index is 12.2. The highest BCUT2D eigenvalue weighted by molar-refractivity contribution is 8.26. The van der Waals surface area contributed by atoms with Crippen molar-refractivity contribution >= 4 is 51.6 Å². The maximum absolute atomic E-state index is 12.2. The average Bonchev–Trinajstić information content (AvgIpc) is 3.33. The number of nitrogens with zero attached hydrogens (tertiary/aromatic N) is 4. The van der Waals surface area contributed by atoms with Crippen LogP contribution >= 0.6 is 35.3 Å². The number of benzene rings is 1. The smallest absolute Gasteiger partial charge is 0.265 e. The zero-order valence-electron chi connectivity index (χ0n) is 13.1. The van der Waals surface area contributed by atoms with Crippen molar-refractivity contribution in [2.24, 2.45) is 0 Å². The van der Waals surface area contributed by atoms with Gasteiger partial charge in [-0.25, -0.2) is 0 Å². The number of hydrogen-bond donors (Lipinski definition) is 0. The summed E-state index contributed by atoms with van der Waals surface area (Å²) in [6.07, 6.45) is 3.75. The molecule has 0 radical (unpaired) electrons. The van der Waals surface area contributed by atoms with E-state index in [1.165, 1.54) is 28.0 Å². The van der Waals surface area contributed by atoms with Crippen molar-refractivity contribution in [1.82, 2.24) is 19.7 Å². The van der Waals surface area contributed by atoms with Crippen LogP contribution in [0, 0.1) is 0 Å². The van der Waals surface area contributed by atoms with E-state index >= 15 is 0 Å². The summed E-state index contributed by atoms with van der Waals surface area (Å²) < 4.78 is 2.49. The highest BCUT2D eigenvalue weighted by atomic mass is 32.2. The lowest BCUT2D eigenvalue weighted by molar-refractivity contribution is -0.121. The van der Waals surface area contributed by atoms with Crippen LogP contribution in [0.1, 0.15) is 5.69 Å². The third-order valence-corrected chi connectivity index (χ3v) is 6.14. The van der Waals surface area contributed by atoms with Crippen molar-refractivity contribution in [3.05, 3.63) is 59.3 Å². The van der Waals surface area contributed by atoms with E-state index in [0.29, 0.717) is 9.23 Å². The minimum absolute atomic E-state index is 0.0787. The van der Waals surface area contributed by atoms with Gasteiger partial charge in [-0.1, -0.05) is 65.6 Å². The standard InChI is InChI=1S/C17H12N4OS3/c1-20-15(22)13(24-17(20)23)10-12-8-5-9-21(12)16-19-18-14(25-16)11-6-3-2-4-7-11/h2-10H,1H3/b13-10-. The first kappa shape index (κ1) is 16.2. The number of rotatable bonds is 3. The second-order valence-electron chi connectivity index (χ2n) is 5.30. The van der Waals surface area contributed by atoms with Crippen LogP contribution in [-0.4, -0.2) is 36.9 Å². The van der Waals surface area contributed by atoms with Gasteiger partial charge in [0.2, 0.25) is 5.13 Å². The molecule has 0 bridgehead atoms. The number of thioether (sulfide) groups is 1. The lowest BCUT2D eigenvalue weighted by Gasteiger charge is -2.04. The molecule has 1 fully saturated rings. The summed E-state index contributed by atoms with van der Waals surface area (Å²) >= 11 is 7.99. The Morgan fingerprint density at radius 3 is 2.64 bits per heavy atom. The number of aromatic nitrogens is 3. The van der Waals surface area contributed by atoms with Gasteiger partial charge in [-0.2, -0.15) is 0 Å². The molecule has 2 aromatic heterocycles. The fourth-order valence-electron chi connectivity index (χ4n) is 2.38. The quantitative estimate of drug-likeness (QED) is 0.507. The van der Waals surface area contributed by atoms with E-state index in [9.17, 15) is 4.79 Å². The molecule has 4 rings (SSSR count). The SMILES string of the molecule is CN1C(=O)/C(=C/c2cccn2-c2nnc(-c3ccccc3)s2)SC1=S.